The third-order valence-corrected chi connectivity index (χ3v) is 7.67. The minimum atomic E-state index is 0.307. The number of carbonyl (C=O) groups excluding carboxylic acids is 1. The van der Waals surface area contributed by atoms with Crippen LogP contribution in [0.5, 0.6) is 0 Å². The second kappa shape index (κ2) is 5.07. The predicted molar refractivity (Wildman–Crippen MR) is 94.9 cm³/mol. The molecule has 0 radical (unpaired) electrons. The van der Waals surface area contributed by atoms with Gasteiger partial charge in [-0.1, -0.05) is 18.2 Å². The number of fused-ring (bicyclic) bond motifs is 2. The number of aryl methyl sites for hydroxylation is 1. The fourth-order valence-electron chi connectivity index (χ4n) is 5.54. The first-order chi connectivity index (χ1) is 11.2. The first kappa shape index (κ1) is 14.0. The SMILES string of the molecule is Cc1c(C(=O)N2CC3CC4CC(C3)CC2C4)sc2ccccc12. The van der Waals surface area contributed by atoms with Crippen LogP contribution in [0.15, 0.2) is 24.3 Å². The highest BCUT2D eigenvalue weighted by Gasteiger charge is 2.44. The lowest BCUT2D eigenvalue weighted by atomic mass is 9.68. The van der Waals surface area contributed by atoms with Crippen molar-refractivity contribution in [1.29, 1.82) is 0 Å². The van der Waals surface area contributed by atoms with Crippen LogP contribution in [-0.2, 0) is 0 Å². The summed E-state index contributed by atoms with van der Waals surface area (Å²) in [6.45, 7) is 3.12. The Bertz CT molecular complexity index is 765. The van der Waals surface area contributed by atoms with Crippen LogP contribution in [0.1, 0.15) is 47.3 Å². The molecule has 23 heavy (non-hydrogen) atoms. The quantitative estimate of drug-likeness (QED) is 0.733. The molecule has 2 aliphatic heterocycles. The first-order valence-electron chi connectivity index (χ1n) is 8.98. The van der Waals surface area contributed by atoms with Crippen LogP contribution in [0.3, 0.4) is 0 Å². The summed E-state index contributed by atoms with van der Waals surface area (Å²) >= 11 is 1.69. The maximum absolute atomic E-state index is 13.3. The minimum absolute atomic E-state index is 0.307. The molecule has 2 aliphatic carbocycles. The molecule has 4 fully saturated rings. The second-order valence-electron chi connectivity index (χ2n) is 7.94. The summed E-state index contributed by atoms with van der Waals surface area (Å²) in [5.74, 6) is 2.84. The zero-order valence-corrected chi connectivity index (χ0v) is 14.4. The van der Waals surface area contributed by atoms with Crippen LogP contribution in [0.2, 0.25) is 0 Å². The summed E-state index contributed by atoms with van der Waals surface area (Å²) < 4.78 is 1.24. The van der Waals surface area contributed by atoms with Gasteiger partial charge in [0.2, 0.25) is 0 Å². The molecule has 1 aromatic heterocycles. The normalized spacial score (nSPS) is 32.5. The highest BCUT2D eigenvalue weighted by molar-refractivity contribution is 7.21. The van der Waals surface area contributed by atoms with Crippen molar-refractivity contribution in [2.24, 2.45) is 17.8 Å². The molecule has 2 aromatic rings. The zero-order chi connectivity index (χ0) is 15.6. The maximum Gasteiger partial charge on any atom is 0.264 e. The van der Waals surface area contributed by atoms with Gasteiger partial charge < -0.3 is 4.90 Å². The molecule has 2 unspecified atom stereocenters. The van der Waals surface area contributed by atoms with Gasteiger partial charge >= 0.3 is 0 Å². The topological polar surface area (TPSA) is 20.3 Å². The number of nitrogens with zero attached hydrogens (tertiary/aromatic N) is 1. The van der Waals surface area contributed by atoms with E-state index in [9.17, 15) is 4.79 Å². The largest absolute Gasteiger partial charge is 0.335 e. The maximum atomic E-state index is 13.3. The van der Waals surface area contributed by atoms with Crippen molar-refractivity contribution >= 4 is 27.3 Å². The van der Waals surface area contributed by atoms with Crippen LogP contribution < -0.4 is 0 Å². The van der Waals surface area contributed by atoms with Gasteiger partial charge in [-0.2, -0.15) is 0 Å². The highest BCUT2D eigenvalue weighted by Crippen LogP contribution is 2.48. The summed E-state index contributed by atoms with van der Waals surface area (Å²) in [6, 6.07) is 8.93. The lowest BCUT2D eigenvalue weighted by Crippen LogP contribution is -2.42. The summed E-state index contributed by atoms with van der Waals surface area (Å²) in [5, 5.41) is 1.25. The lowest BCUT2D eigenvalue weighted by Gasteiger charge is -2.38. The number of carbonyl (C=O) groups is 1. The van der Waals surface area contributed by atoms with E-state index in [1.807, 2.05) is 0 Å². The monoisotopic (exact) mass is 325 g/mol. The molecule has 2 nitrogen and oxygen atoms in total. The number of benzene rings is 1. The molecule has 4 aliphatic rings. The summed E-state index contributed by atoms with van der Waals surface area (Å²) in [4.78, 5) is 16.6. The standard InChI is InChI=1S/C20H23NOS/c1-12-17-4-2-3-5-18(17)23-19(12)20(22)21-11-15-7-13-6-14(8-15)10-16(21)9-13/h2-5,13-16H,6-11H2,1H3. The van der Waals surface area contributed by atoms with E-state index in [0.717, 1.165) is 29.2 Å². The number of rotatable bonds is 1. The van der Waals surface area contributed by atoms with Gasteiger partial charge in [0.15, 0.2) is 0 Å². The Balaban J connectivity index is 1.53. The van der Waals surface area contributed by atoms with E-state index < -0.39 is 0 Å². The van der Waals surface area contributed by atoms with Crippen LogP contribution >= 0.6 is 11.3 Å². The van der Waals surface area contributed by atoms with Gasteiger partial charge in [0, 0.05) is 17.3 Å². The minimum Gasteiger partial charge on any atom is -0.335 e. The van der Waals surface area contributed by atoms with Gasteiger partial charge in [0.25, 0.3) is 5.91 Å². The molecule has 3 heteroatoms. The van der Waals surface area contributed by atoms with E-state index >= 15 is 0 Å². The Hall–Kier alpha value is -1.35. The van der Waals surface area contributed by atoms with Crippen molar-refractivity contribution in [3.05, 3.63) is 34.7 Å². The Labute approximate surface area is 141 Å². The molecule has 2 saturated heterocycles. The number of amides is 1. The van der Waals surface area contributed by atoms with Crippen LogP contribution in [0.25, 0.3) is 10.1 Å². The average molecular weight is 325 g/mol. The molecule has 1 amide bonds. The number of hydrogen-bond donors (Lipinski definition) is 0. The van der Waals surface area contributed by atoms with Crippen LogP contribution in [-0.4, -0.2) is 23.4 Å². The van der Waals surface area contributed by atoms with Gasteiger partial charge in [-0.3, -0.25) is 4.79 Å². The zero-order valence-electron chi connectivity index (χ0n) is 13.6. The molecule has 1 aromatic carbocycles. The highest BCUT2D eigenvalue weighted by atomic mass is 32.1. The fourth-order valence-corrected chi connectivity index (χ4v) is 6.71. The van der Waals surface area contributed by atoms with Crippen molar-refractivity contribution in [2.75, 3.05) is 6.54 Å². The molecule has 6 rings (SSSR count). The summed E-state index contributed by atoms with van der Waals surface area (Å²) in [5.41, 5.74) is 1.18. The van der Waals surface area contributed by atoms with Crippen molar-refractivity contribution in [3.8, 4) is 0 Å². The van der Waals surface area contributed by atoms with Gasteiger partial charge in [-0.15, -0.1) is 11.3 Å². The molecular weight excluding hydrogens is 302 g/mol. The van der Waals surface area contributed by atoms with E-state index in [4.69, 9.17) is 0 Å². The van der Waals surface area contributed by atoms with Crippen molar-refractivity contribution in [2.45, 2.75) is 45.1 Å². The Morgan fingerprint density at radius 3 is 2.48 bits per heavy atom. The first-order valence-corrected chi connectivity index (χ1v) is 9.79. The number of hydrogen-bond acceptors (Lipinski definition) is 2. The lowest BCUT2D eigenvalue weighted by molar-refractivity contribution is 0.0637. The summed E-state index contributed by atoms with van der Waals surface area (Å²) in [6.07, 6.45) is 6.66. The van der Waals surface area contributed by atoms with E-state index in [-0.39, 0.29) is 0 Å². The van der Waals surface area contributed by atoms with Crippen molar-refractivity contribution in [3.63, 3.8) is 0 Å². The van der Waals surface area contributed by atoms with Crippen molar-refractivity contribution in [1.82, 2.24) is 4.90 Å². The molecule has 0 N–H and O–H groups in total. The van der Waals surface area contributed by atoms with E-state index in [0.29, 0.717) is 11.9 Å². The van der Waals surface area contributed by atoms with Crippen LogP contribution in [0, 0.1) is 24.7 Å². The molecule has 4 bridgehead atoms. The Morgan fingerprint density at radius 2 is 1.74 bits per heavy atom. The Kier molecular flexibility index (Phi) is 3.09. The third-order valence-electron chi connectivity index (χ3n) is 6.41. The van der Waals surface area contributed by atoms with Gasteiger partial charge in [0.1, 0.15) is 0 Å². The van der Waals surface area contributed by atoms with Crippen LogP contribution in [0.4, 0.5) is 0 Å². The van der Waals surface area contributed by atoms with Gasteiger partial charge in [0.05, 0.1) is 4.88 Å². The molecular formula is C20H23NOS. The third kappa shape index (κ3) is 2.16. The molecule has 0 spiro atoms. The summed E-state index contributed by atoms with van der Waals surface area (Å²) in [7, 11) is 0. The predicted octanol–water partition coefficient (Wildman–Crippen LogP) is 4.86. The van der Waals surface area contributed by atoms with E-state index in [2.05, 4.69) is 36.1 Å². The average Bonchev–Trinajstić information content (AvgIpc) is 2.75. The van der Waals surface area contributed by atoms with Gasteiger partial charge in [-0.25, -0.2) is 0 Å². The molecule has 120 valence electrons. The second-order valence-corrected chi connectivity index (χ2v) is 8.99. The molecule has 2 atom stereocenters. The molecule has 3 heterocycles. The number of thiophene rings is 1. The van der Waals surface area contributed by atoms with Crippen molar-refractivity contribution < 1.29 is 4.79 Å². The molecule has 2 saturated carbocycles. The smallest absolute Gasteiger partial charge is 0.264 e. The fraction of sp³-hybridized carbons (Fsp3) is 0.550. The van der Waals surface area contributed by atoms with Gasteiger partial charge in [-0.05, 0) is 73.8 Å². The van der Waals surface area contributed by atoms with E-state index in [1.54, 1.807) is 11.3 Å². The Morgan fingerprint density at radius 1 is 1.04 bits per heavy atom. The van der Waals surface area contributed by atoms with E-state index in [1.165, 1.54) is 47.8 Å².